The summed E-state index contributed by atoms with van der Waals surface area (Å²) >= 11 is 6.58. The van der Waals surface area contributed by atoms with Gasteiger partial charge in [-0.2, -0.15) is 0 Å². The van der Waals surface area contributed by atoms with E-state index < -0.39 is 0 Å². The fourth-order valence-electron chi connectivity index (χ4n) is 3.33. The Morgan fingerprint density at radius 3 is 2.87 bits per heavy atom. The Bertz CT molecular complexity index is 683. The van der Waals surface area contributed by atoms with Crippen molar-refractivity contribution in [2.75, 3.05) is 13.2 Å². The summed E-state index contributed by atoms with van der Waals surface area (Å²) in [5, 5.41) is 2.04. The molecule has 1 saturated heterocycles. The summed E-state index contributed by atoms with van der Waals surface area (Å²) in [5.41, 5.74) is 0. The number of fused-ring (bicyclic) bond motifs is 1. The second-order valence-electron chi connectivity index (χ2n) is 6.08. The number of likely N-dealkylation sites (tertiary alicyclic amines) is 1. The molecular weight excluding hydrogens is 310 g/mol. The van der Waals surface area contributed by atoms with Crippen molar-refractivity contribution in [2.24, 2.45) is 0 Å². The average molecular weight is 332 g/mol. The highest BCUT2D eigenvalue weighted by Crippen LogP contribution is 2.27. The van der Waals surface area contributed by atoms with E-state index in [2.05, 4.69) is 18.2 Å². The molecule has 122 valence electrons. The Balaban J connectivity index is 1.70. The Morgan fingerprint density at radius 2 is 2.04 bits per heavy atom. The van der Waals surface area contributed by atoms with Crippen molar-refractivity contribution in [1.82, 2.24) is 4.90 Å². The lowest BCUT2D eigenvalue weighted by atomic mass is 9.99. The van der Waals surface area contributed by atoms with Gasteiger partial charge in [-0.3, -0.25) is 4.79 Å². The molecule has 4 heteroatoms. The molecule has 0 N–H and O–H groups in total. The van der Waals surface area contributed by atoms with Crippen molar-refractivity contribution in [3.05, 3.63) is 42.5 Å². The monoisotopic (exact) mass is 331 g/mol. The van der Waals surface area contributed by atoms with Crippen LogP contribution in [0.25, 0.3) is 10.8 Å². The summed E-state index contributed by atoms with van der Waals surface area (Å²) < 4.78 is 5.99. The van der Waals surface area contributed by atoms with Crippen LogP contribution in [0, 0.1) is 0 Å². The van der Waals surface area contributed by atoms with Gasteiger partial charge in [0.25, 0.3) is 0 Å². The van der Waals surface area contributed by atoms with E-state index in [1.807, 2.05) is 29.2 Å². The molecule has 0 unspecified atom stereocenters. The molecule has 1 heterocycles. The summed E-state index contributed by atoms with van der Waals surface area (Å²) in [4.78, 5) is 13.7. The average Bonchev–Trinajstić information content (AvgIpc) is 2.59. The highest BCUT2D eigenvalue weighted by atomic mass is 35.5. The van der Waals surface area contributed by atoms with Gasteiger partial charge in [-0.25, -0.2) is 0 Å². The lowest BCUT2D eigenvalue weighted by Crippen LogP contribution is -2.48. The summed E-state index contributed by atoms with van der Waals surface area (Å²) in [6.45, 7) is 2.83. The van der Waals surface area contributed by atoms with Gasteiger partial charge >= 0.3 is 0 Å². The number of ether oxygens (including phenoxy) is 1. The number of alkyl halides is 1. The molecular formula is C19H22ClNO2. The number of hydrogen-bond donors (Lipinski definition) is 0. The first-order valence-electron chi connectivity index (χ1n) is 8.18. The molecule has 2 aromatic rings. The molecule has 1 aliphatic rings. The first-order chi connectivity index (χ1) is 11.2. The van der Waals surface area contributed by atoms with E-state index in [4.69, 9.17) is 16.3 Å². The first kappa shape index (κ1) is 16.1. The molecule has 0 aliphatic carbocycles. The SMILES string of the molecule is CC(=O)N1CCCC[C@H]1[C@H](Cl)COc1cccc2ccccc12. The zero-order valence-electron chi connectivity index (χ0n) is 13.4. The van der Waals surface area contributed by atoms with Crippen molar-refractivity contribution in [1.29, 1.82) is 0 Å². The first-order valence-corrected chi connectivity index (χ1v) is 8.62. The maximum atomic E-state index is 11.8. The summed E-state index contributed by atoms with van der Waals surface area (Å²) in [7, 11) is 0. The second kappa shape index (κ2) is 7.22. The van der Waals surface area contributed by atoms with Gasteiger partial charge in [-0.15, -0.1) is 11.6 Å². The third-order valence-electron chi connectivity index (χ3n) is 4.52. The molecule has 0 aromatic heterocycles. The van der Waals surface area contributed by atoms with E-state index >= 15 is 0 Å². The Hall–Kier alpha value is -1.74. The fraction of sp³-hybridized carbons (Fsp3) is 0.421. The molecule has 2 aromatic carbocycles. The normalized spacial score (nSPS) is 19.6. The van der Waals surface area contributed by atoms with Gasteiger partial charge in [0.1, 0.15) is 12.4 Å². The number of amides is 1. The smallest absolute Gasteiger partial charge is 0.219 e. The van der Waals surface area contributed by atoms with Crippen LogP contribution in [0.2, 0.25) is 0 Å². The van der Waals surface area contributed by atoms with Crippen molar-refractivity contribution >= 4 is 28.3 Å². The highest BCUT2D eigenvalue weighted by Gasteiger charge is 2.30. The Kier molecular flexibility index (Phi) is 5.06. The molecule has 0 radical (unpaired) electrons. The van der Waals surface area contributed by atoms with Crippen molar-refractivity contribution < 1.29 is 9.53 Å². The van der Waals surface area contributed by atoms with Gasteiger partial charge in [0, 0.05) is 18.9 Å². The number of halogens is 1. The number of rotatable bonds is 4. The molecule has 1 amide bonds. The maximum absolute atomic E-state index is 11.8. The van der Waals surface area contributed by atoms with Gasteiger partial charge in [0.15, 0.2) is 0 Å². The second-order valence-corrected chi connectivity index (χ2v) is 6.64. The van der Waals surface area contributed by atoms with E-state index in [9.17, 15) is 4.79 Å². The van der Waals surface area contributed by atoms with Crippen LogP contribution in [-0.2, 0) is 4.79 Å². The number of carbonyl (C=O) groups is 1. The van der Waals surface area contributed by atoms with Crippen LogP contribution in [0.5, 0.6) is 5.75 Å². The molecule has 2 atom stereocenters. The fourth-order valence-corrected chi connectivity index (χ4v) is 3.65. The lowest BCUT2D eigenvalue weighted by Gasteiger charge is -2.37. The largest absolute Gasteiger partial charge is 0.491 e. The van der Waals surface area contributed by atoms with E-state index in [0.29, 0.717) is 6.61 Å². The number of hydrogen-bond acceptors (Lipinski definition) is 2. The standard InChI is InChI=1S/C19H22ClNO2/c1-14(22)21-12-5-4-10-18(21)17(20)13-23-19-11-6-8-15-7-2-3-9-16(15)19/h2-3,6-9,11,17-18H,4-5,10,12-13H2,1H3/t17-,18+/m1/s1. The van der Waals surface area contributed by atoms with E-state index in [1.54, 1.807) is 6.92 Å². The summed E-state index contributed by atoms with van der Waals surface area (Å²) in [5.74, 6) is 0.949. The molecule has 1 fully saturated rings. The molecule has 3 nitrogen and oxygen atoms in total. The highest BCUT2D eigenvalue weighted by molar-refractivity contribution is 6.21. The van der Waals surface area contributed by atoms with Crippen molar-refractivity contribution in [3.63, 3.8) is 0 Å². The molecule has 0 bridgehead atoms. The van der Waals surface area contributed by atoms with Gasteiger partial charge < -0.3 is 9.64 Å². The van der Waals surface area contributed by atoms with Gasteiger partial charge in [-0.05, 0) is 30.7 Å². The molecule has 0 spiro atoms. The number of benzene rings is 2. The lowest BCUT2D eigenvalue weighted by molar-refractivity contribution is -0.132. The predicted molar refractivity (Wildman–Crippen MR) is 94.1 cm³/mol. The van der Waals surface area contributed by atoms with Gasteiger partial charge in [-0.1, -0.05) is 36.4 Å². The zero-order valence-corrected chi connectivity index (χ0v) is 14.1. The minimum Gasteiger partial charge on any atom is -0.491 e. The Morgan fingerprint density at radius 1 is 1.26 bits per heavy atom. The quantitative estimate of drug-likeness (QED) is 0.785. The maximum Gasteiger partial charge on any atom is 0.219 e. The van der Waals surface area contributed by atoms with E-state index in [1.165, 1.54) is 0 Å². The predicted octanol–water partition coefficient (Wildman–Crippen LogP) is 4.23. The third kappa shape index (κ3) is 3.61. The van der Waals surface area contributed by atoms with Crippen LogP contribution in [0.3, 0.4) is 0 Å². The number of piperidine rings is 1. The van der Waals surface area contributed by atoms with E-state index in [-0.39, 0.29) is 17.3 Å². The van der Waals surface area contributed by atoms with Crippen molar-refractivity contribution in [3.8, 4) is 5.75 Å². The van der Waals surface area contributed by atoms with Crippen LogP contribution in [0.1, 0.15) is 26.2 Å². The zero-order chi connectivity index (χ0) is 16.2. The number of nitrogens with zero attached hydrogens (tertiary/aromatic N) is 1. The summed E-state index contributed by atoms with van der Waals surface area (Å²) in [6.07, 6.45) is 3.13. The topological polar surface area (TPSA) is 29.5 Å². The third-order valence-corrected chi connectivity index (χ3v) is 4.94. The molecule has 3 rings (SSSR count). The Labute approximate surface area is 142 Å². The van der Waals surface area contributed by atoms with E-state index in [0.717, 1.165) is 42.3 Å². The van der Waals surface area contributed by atoms with Crippen LogP contribution < -0.4 is 4.74 Å². The minimum atomic E-state index is -0.196. The van der Waals surface area contributed by atoms with Gasteiger partial charge in [0.05, 0.1) is 11.4 Å². The van der Waals surface area contributed by atoms with Crippen LogP contribution in [0.4, 0.5) is 0 Å². The van der Waals surface area contributed by atoms with Crippen molar-refractivity contribution in [2.45, 2.75) is 37.6 Å². The molecule has 0 saturated carbocycles. The van der Waals surface area contributed by atoms with Crippen LogP contribution in [-0.4, -0.2) is 35.4 Å². The van der Waals surface area contributed by atoms with Gasteiger partial charge in [0.2, 0.25) is 5.91 Å². The van der Waals surface area contributed by atoms with Crippen LogP contribution in [0.15, 0.2) is 42.5 Å². The number of carbonyl (C=O) groups excluding carboxylic acids is 1. The molecule has 1 aliphatic heterocycles. The minimum absolute atomic E-state index is 0.0675. The molecule has 23 heavy (non-hydrogen) atoms. The van der Waals surface area contributed by atoms with Crippen LogP contribution >= 0.6 is 11.6 Å². The summed E-state index contributed by atoms with van der Waals surface area (Å²) in [6, 6.07) is 14.2.